The molecule has 0 bridgehead atoms. The molecule has 1 aliphatic rings. The molecule has 1 aliphatic heterocycles. The summed E-state index contributed by atoms with van der Waals surface area (Å²) in [5.41, 5.74) is 0.0650. The standard InChI is InChI=1S/C12H18N4O2S/c1-4-5-13-10-8(14-15-19-10)7-16-9(17)6-12(2,3)11(16)18/h13H,4-7H2,1-3H3. The third-order valence-corrected chi connectivity index (χ3v) is 3.84. The fourth-order valence-electron chi connectivity index (χ4n) is 2.02. The van der Waals surface area contributed by atoms with Crippen LogP contribution < -0.4 is 5.32 Å². The first-order chi connectivity index (χ1) is 8.95. The number of imide groups is 1. The number of carbonyl (C=O) groups is 2. The number of anilines is 1. The topological polar surface area (TPSA) is 75.2 Å². The number of carbonyl (C=O) groups excluding carboxylic acids is 2. The number of hydrogen-bond acceptors (Lipinski definition) is 6. The smallest absolute Gasteiger partial charge is 0.235 e. The second-order valence-electron chi connectivity index (χ2n) is 5.32. The Labute approximate surface area is 116 Å². The average Bonchev–Trinajstić information content (AvgIpc) is 2.85. The first-order valence-electron chi connectivity index (χ1n) is 6.35. The summed E-state index contributed by atoms with van der Waals surface area (Å²) >= 11 is 1.25. The molecule has 0 aliphatic carbocycles. The minimum Gasteiger partial charge on any atom is -0.374 e. The van der Waals surface area contributed by atoms with Crippen molar-refractivity contribution in [3.63, 3.8) is 0 Å². The minimum atomic E-state index is -0.600. The zero-order valence-electron chi connectivity index (χ0n) is 11.4. The third-order valence-electron chi connectivity index (χ3n) is 3.12. The summed E-state index contributed by atoms with van der Waals surface area (Å²) in [5, 5.41) is 8.06. The summed E-state index contributed by atoms with van der Waals surface area (Å²) < 4.78 is 3.88. The quantitative estimate of drug-likeness (QED) is 0.831. The number of nitrogens with one attached hydrogen (secondary N) is 1. The average molecular weight is 282 g/mol. The van der Waals surface area contributed by atoms with Crippen LogP contribution in [0.3, 0.4) is 0 Å². The van der Waals surface area contributed by atoms with Crippen molar-refractivity contribution >= 4 is 28.3 Å². The Morgan fingerprint density at radius 2 is 2.16 bits per heavy atom. The number of aromatic nitrogens is 2. The molecule has 0 radical (unpaired) electrons. The largest absolute Gasteiger partial charge is 0.374 e. The Morgan fingerprint density at radius 1 is 1.42 bits per heavy atom. The first kappa shape index (κ1) is 13.9. The zero-order valence-corrected chi connectivity index (χ0v) is 12.2. The van der Waals surface area contributed by atoms with Gasteiger partial charge in [0.25, 0.3) is 0 Å². The molecule has 2 rings (SSSR count). The molecule has 0 unspecified atom stereocenters. The van der Waals surface area contributed by atoms with Gasteiger partial charge < -0.3 is 5.32 Å². The minimum absolute atomic E-state index is 0.132. The van der Waals surface area contributed by atoms with E-state index in [4.69, 9.17) is 0 Å². The van der Waals surface area contributed by atoms with Crippen molar-refractivity contribution in [1.29, 1.82) is 0 Å². The van der Waals surface area contributed by atoms with Crippen LogP contribution in [0.1, 0.15) is 39.3 Å². The lowest BCUT2D eigenvalue weighted by atomic mass is 9.92. The predicted molar refractivity (Wildman–Crippen MR) is 72.6 cm³/mol. The highest BCUT2D eigenvalue weighted by Gasteiger charge is 2.45. The van der Waals surface area contributed by atoms with E-state index in [0.717, 1.165) is 18.0 Å². The van der Waals surface area contributed by atoms with E-state index in [1.165, 1.54) is 16.4 Å². The lowest BCUT2D eigenvalue weighted by molar-refractivity contribution is -0.141. The number of hydrogen-bond donors (Lipinski definition) is 1. The van der Waals surface area contributed by atoms with Gasteiger partial charge >= 0.3 is 0 Å². The molecule has 19 heavy (non-hydrogen) atoms. The molecule has 1 saturated heterocycles. The van der Waals surface area contributed by atoms with Crippen LogP contribution in [-0.4, -0.2) is 32.8 Å². The SMILES string of the molecule is CCCNc1snnc1CN1C(=O)CC(C)(C)C1=O. The third kappa shape index (κ3) is 2.75. The summed E-state index contributed by atoms with van der Waals surface area (Å²) in [4.78, 5) is 25.3. The first-order valence-corrected chi connectivity index (χ1v) is 7.13. The molecule has 0 aromatic carbocycles. The number of rotatable bonds is 5. The van der Waals surface area contributed by atoms with E-state index in [-0.39, 0.29) is 24.8 Å². The van der Waals surface area contributed by atoms with E-state index in [9.17, 15) is 9.59 Å². The lowest BCUT2D eigenvalue weighted by Crippen LogP contribution is -2.32. The summed E-state index contributed by atoms with van der Waals surface area (Å²) in [7, 11) is 0. The van der Waals surface area contributed by atoms with Crippen LogP contribution in [0, 0.1) is 5.41 Å². The van der Waals surface area contributed by atoms with E-state index < -0.39 is 5.41 Å². The molecule has 7 heteroatoms. The van der Waals surface area contributed by atoms with Crippen molar-refractivity contribution in [2.45, 2.75) is 40.2 Å². The normalized spacial score (nSPS) is 18.2. The second-order valence-corrected chi connectivity index (χ2v) is 6.08. The fraction of sp³-hybridized carbons (Fsp3) is 0.667. The van der Waals surface area contributed by atoms with E-state index >= 15 is 0 Å². The van der Waals surface area contributed by atoms with Gasteiger partial charge in [-0.05, 0) is 6.42 Å². The molecule has 104 valence electrons. The van der Waals surface area contributed by atoms with Gasteiger partial charge in [-0.1, -0.05) is 25.3 Å². The summed E-state index contributed by atoms with van der Waals surface area (Å²) in [5.74, 6) is -0.267. The molecule has 6 nitrogen and oxygen atoms in total. The highest BCUT2D eigenvalue weighted by Crippen LogP contribution is 2.33. The predicted octanol–water partition coefficient (Wildman–Crippen LogP) is 1.65. The number of nitrogens with zero attached hydrogens (tertiary/aromatic N) is 3. The molecule has 1 aromatic rings. The Bertz CT molecular complexity index is 498. The van der Waals surface area contributed by atoms with Gasteiger partial charge in [0.15, 0.2) is 0 Å². The van der Waals surface area contributed by atoms with Crippen LogP contribution in [0.2, 0.25) is 0 Å². The Morgan fingerprint density at radius 3 is 2.74 bits per heavy atom. The zero-order chi connectivity index (χ0) is 14.0. The molecule has 2 amide bonds. The van der Waals surface area contributed by atoms with Crippen molar-refractivity contribution in [3.05, 3.63) is 5.69 Å². The van der Waals surface area contributed by atoms with Gasteiger partial charge in [0.05, 0.1) is 12.0 Å². The van der Waals surface area contributed by atoms with Gasteiger partial charge in [-0.3, -0.25) is 14.5 Å². The molecule has 1 aromatic heterocycles. The molecule has 0 saturated carbocycles. The maximum absolute atomic E-state index is 12.1. The van der Waals surface area contributed by atoms with Gasteiger partial charge in [-0.15, -0.1) is 5.10 Å². The maximum Gasteiger partial charge on any atom is 0.235 e. The van der Waals surface area contributed by atoms with Crippen molar-refractivity contribution in [2.24, 2.45) is 5.41 Å². The monoisotopic (exact) mass is 282 g/mol. The van der Waals surface area contributed by atoms with Gasteiger partial charge in [-0.2, -0.15) is 0 Å². The van der Waals surface area contributed by atoms with Crippen molar-refractivity contribution in [1.82, 2.24) is 14.5 Å². The summed E-state index contributed by atoms with van der Waals surface area (Å²) in [6.45, 7) is 6.69. The second kappa shape index (κ2) is 5.24. The molecule has 0 atom stereocenters. The molecular formula is C12H18N4O2S. The Balaban J connectivity index is 2.11. The van der Waals surface area contributed by atoms with Crippen molar-refractivity contribution in [3.8, 4) is 0 Å². The summed E-state index contributed by atoms with van der Waals surface area (Å²) in [6.07, 6.45) is 1.26. The van der Waals surface area contributed by atoms with Gasteiger partial charge in [-0.25, -0.2) is 0 Å². The number of amides is 2. The van der Waals surface area contributed by atoms with E-state index in [1.54, 1.807) is 13.8 Å². The fourth-order valence-corrected chi connectivity index (χ4v) is 2.62. The maximum atomic E-state index is 12.1. The van der Waals surface area contributed by atoms with Crippen LogP contribution >= 0.6 is 11.5 Å². The van der Waals surface area contributed by atoms with Crippen LogP contribution in [0.25, 0.3) is 0 Å². The molecule has 1 N–H and O–H groups in total. The van der Waals surface area contributed by atoms with Crippen molar-refractivity contribution in [2.75, 3.05) is 11.9 Å². The molecule has 2 heterocycles. The number of likely N-dealkylation sites (tertiary alicyclic amines) is 1. The highest BCUT2D eigenvalue weighted by molar-refractivity contribution is 7.10. The van der Waals surface area contributed by atoms with Crippen LogP contribution in [0.15, 0.2) is 0 Å². The van der Waals surface area contributed by atoms with Gasteiger partial charge in [0, 0.05) is 24.5 Å². The van der Waals surface area contributed by atoms with E-state index in [1.807, 2.05) is 0 Å². The highest BCUT2D eigenvalue weighted by atomic mass is 32.1. The van der Waals surface area contributed by atoms with Gasteiger partial charge in [0.2, 0.25) is 11.8 Å². The Hall–Kier alpha value is -1.50. The molecular weight excluding hydrogens is 264 g/mol. The van der Waals surface area contributed by atoms with Crippen molar-refractivity contribution < 1.29 is 9.59 Å². The van der Waals surface area contributed by atoms with E-state index in [2.05, 4.69) is 21.8 Å². The lowest BCUT2D eigenvalue weighted by Gasteiger charge is -2.17. The van der Waals surface area contributed by atoms with Crippen LogP contribution in [0.5, 0.6) is 0 Å². The van der Waals surface area contributed by atoms with Crippen LogP contribution in [-0.2, 0) is 16.1 Å². The summed E-state index contributed by atoms with van der Waals surface area (Å²) in [6, 6.07) is 0. The molecule has 0 spiro atoms. The van der Waals surface area contributed by atoms with E-state index in [0.29, 0.717) is 5.69 Å². The Kier molecular flexibility index (Phi) is 3.84. The molecule has 1 fully saturated rings. The van der Waals surface area contributed by atoms with Gasteiger partial charge in [0.1, 0.15) is 10.7 Å². The van der Waals surface area contributed by atoms with Crippen LogP contribution in [0.4, 0.5) is 5.00 Å².